The van der Waals surface area contributed by atoms with Crippen LogP contribution < -0.4 is 10.1 Å². The highest BCUT2D eigenvalue weighted by molar-refractivity contribution is 6.32. The first-order valence-corrected chi connectivity index (χ1v) is 8.98. The Morgan fingerprint density at radius 1 is 1.07 bits per heavy atom. The molecule has 1 amide bonds. The lowest BCUT2D eigenvalue weighted by atomic mass is 10.0. The summed E-state index contributed by atoms with van der Waals surface area (Å²) in [5.41, 5.74) is 2.47. The molecule has 3 rings (SSSR count). The topological polar surface area (TPSA) is 77.2 Å². The highest BCUT2D eigenvalue weighted by atomic mass is 35.5. The molecule has 0 radical (unpaired) electrons. The molecule has 7 heteroatoms. The molecule has 1 aromatic heterocycles. The average Bonchev–Trinajstić information content (AvgIpc) is 3.11. The summed E-state index contributed by atoms with van der Waals surface area (Å²) in [6.07, 6.45) is -0.780. The van der Waals surface area contributed by atoms with Crippen molar-refractivity contribution in [2.45, 2.75) is 32.8 Å². The summed E-state index contributed by atoms with van der Waals surface area (Å²) in [5, 5.41) is 10.8. The van der Waals surface area contributed by atoms with Crippen LogP contribution in [-0.2, 0) is 4.79 Å². The minimum Gasteiger partial charge on any atom is -0.479 e. The van der Waals surface area contributed by atoms with Crippen molar-refractivity contribution < 1.29 is 14.2 Å². The third-order valence-electron chi connectivity index (χ3n) is 4.09. The predicted octanol–water partition coefficient (Wildman–Crippen LogP) is 4.92. The number of benzene rings is 2. The molecule has 0 bridgehead atoms. The van der Waals surface area contributed by atoms with E-state index in [-0.39, 0.29) is 11.7 Å². The SMILES string of the molecule is CC(Oc1ccccc1Cl)C(=O)Nc1nonc1-c1ccc(C(C)C)cc1. The van der Waals surface area contributed by atoms with Crippen molar-refractivity contribution in [2.75, 3.05) is 5.32 Å². The molecule has 1 heterocycles. The van der Waals surface area contributed by atoms with Crippen molar-refractivity contribution in [3.63, 3.8) is 0 Å². The van der Waals surface area contributed by atoms with Gasteiger partial charge in [0.15, 0.2) is 11.8 Å². The number of carbonyl (C=O) groups excluding carboxylic acids is 1. The van der Waals surface area contributed by atoms with Gasteiger partial charge in [-0.3, -0.25) is 4.79 Å². The van der Waals surface area contributed by atoms with E-state index >= 15 is 0 Å². The Morgan fingerprint density at radius 2 is 1.78 bits per heavy atom. The Hall–Kier alpha value is -2.86. The number of hydrogen-bond acceptors (Lipinski definition) is 5. The van der Waals surface area contributed by atoms with Crippen LogP contribution in [0.25, 0.3) is 11.3 Å². The van der Waals surface area contributed by atoms with Crippen LogP contribution in [0.4, 0.5) is 5.82 Å². The van der Waals surface area contributed by atoms with E-state index in [0.29, 0.717) is 22.4 Å². The smallest absolute Gasteiger partial charge is 0.266 e. The van der Waals surface area contributed by atoms with E-state index < -0.39 is 6.10 Å². The van der Waals surface area contributed by atoms with Crippen molar-refractivity contribution in [3.05, 3.63) is 59.1 Å². The maximum absolute atomic E-state index is 12.5. The van der Waals surface area contributed by atoms with E-state index in [9.17, 15) is 4.79 Å². The first kappa shape index (κ1) is 18.9. The largest absolute Gasteiger partial charge is 0.479 e. The van der Waals surface area contributed by atoms with Crippen LogP contribution in [0, 0.1) is 0 Å². The van der Waals surface area contributed by atoms with Gasteiger partial charge in [0.25, 0.3) is 5.91 Å². The summed E-state index contributed by atoms with van der Waals surface area (Å²) in [4.78, 5) is 12.5. The van der Waals surface area contributed by atoms with Crippen molar-refractivity contribution in [3.8, 4) is 17.0 Å². The molecule has 3 aromatic rings. The van der Waals surface area contributed by atoms with Gasteiger partial charge in [-0.25, -0.2) is 4.63 Å². The van der Waals surface area contributed by atoms with Crippen LogP contribution in [0.15, 0.2) is 53.2 Å². The predicted molar refractivity (Wildman–Crippen MR) is 104 cm³/mol. The highest BCUT2D eigenvalue weighted by Gasteiger charge is 2.21. The van der Waals surface area contributed by atoms with Crippen molar-refractivity contribution in [2.24, 2.45) is 0 Å². The summed E-state index contributed by atoms with van der Waals surface area (Å²) in [6.45, 7) is 5.88. The maximum Gasteiger partial charge on any atom is 0.266 e. The maximum atomic E-state index is 12.5. The third kappa shape index (κ3) is 4.46. The molecule has 0 spiro atoms. The summed E-state index contributed by atoms with van der Waals surface area (Å²) in [5.74, 6) is 0.721. The van der Waals surface area contributed by atoms with Crippen LogP contribution in [-0.4, -0.2) is 22.3 Å². The second-order valence-corrected chi connectivity index (χ2v) is 6.83. The zero-order chi connectivity index (χ0) is 19.4. The van der Waals surface area contributed by atoms with Crippen LogP contribution >= 0.6 is 11.6 Å². The van der Waals surface area contributed by atoms with Gasteiger partial charge in [-0.2, -0.15) is 0 Å². The molecule has 1 atom stereocenters. The molecule has 2 aromatic carbocycles. The van der Waals surface area contributed by atoms with Crippen molar-refractivity contribution in [1.82, 2.24) is 10.3 Å². The number of ether oxygens (including phenoxy) is 1. The van der Waals surface area contributed by atoms with Gasteiger partial charge in [0.1, 0.15) is 5.75 Å². The summed E-state index contributed by atoms with van der Waals surface area (Å²) in [7, 11) is 0. The fraction of sp³-hybridized carbons (Fsp3) is 0.250. The first-order valence-electron chi connectivity index (χ1n) is 8.60. The lowest BCUT2D eigenvalue weighted by Gasteiger charge is -2.14. The Bertz CT molecular complexity index is 922. The minimum atomic E-state index is -0.780. The Morgan fingerprint density at radius 3 is 2.44 bits per heavy atom. The molecule has 0 aliphatic heterocycles. The number of nitrogens with zero attached hydrogens (tertiary/aromatic N) is 2. The van der Waals surface area contributed by atoms with E-state index in [1.165, 1.54) is 5.56 Å². The summed E-state index contributed by atoms with van der Waals surface area (Å²) in [6, 6.07) is 14.9. The molecular weight excluding hydrogens is 366 g/mol. The molecule has 0 fully saturated rings. The molecule has 0 saturated carbocycles. The zero-order valence-corrected chi connectivity index (χ0v) is 16.0. The monoisotopic (exact) mass is 385 g/mol. The van der Waals surface area contributed by atoms with Gasteiger partial charge in [0, 0.05) is 5.56 Å². The molecule has 0 aliphatic carbocycles. The number of hydrogen-bond donors (Lipinski definition) is 1. The van der Waals surface area contributed by atoms with Gasteiger partial charge in [-0.05, 0) is 40.9 Å². The van der Waals surface area contributed by atoms with E-state index in [1.807, 2.05) is 24.3 Å². The number of anilines is 1. The number of nitrogens with one attached hydrogen (secondary N) is 1. The number of aromatic nitrogens is 2. The highest BCUT2D eigenvalue weighted by Crippen LogP contribution is 2.27. The standard InChI is InChI=1S/C20H20ClN3O3/c1-12(2)14-8-10-15(11-9-14)18-19(24-27-23-18)22-20(25)13(3)26-17-7-5-4-6-16(17)21/h4-13H,1-3H3,(H,22,24,25). The lowest BCUT2D eigenvalue weighted by molar-refractivity contribution is -0.122. The Kier molecular flexibility index (Phi) is 5.76. The fourth-order valence-electron chi connectivity index (χ4n) is 2.49. The van der Waals surface area contributed by atoms with Gasteiger partial charge in [-0.1, -0.05) is 61.8 Å². The summed E-state index contributed by atoms with van der Waals surface area (Å²) < 4.78 is 10.4. The number of amides is 1. The third-order valence-corrected chi connectivity index (χ3v) is 4.40. The second kappa shape index (κ2) is 8.22. The number of para-hydroxylation sites is 1. The van der Waals surface area contributed by atoms with Crippen LogP contribution in [0.2, 0.25) is 5.02 Å². The lowest BCUT2D eigenvalue weighted by Crippen LogP contribution is -2.30. The minimum absolute atomic E-state index is 0.243. The molecule has 27 heavy (non-hydrogen) atoms. The molecule has 140 valence electrons. The molecular formula is C20H20ClN3O3. The average molecular weight is 386 g/mol. The van der Waals surface area contributed by atoms with Gasteiger partial charge >= 0.3 is 0 Å². The van der Waals surface area contributed by atoms with Crippen molar-refractivity contribution in [1.29, 1.82) is 0 Å². The fourth-order valence-corrected chi connectivity index (χ4v) is 2.67. The Balaban J connectivity index is 1.72. The quantitative estimate of drug-likeness (QED) is 0.651. The zero-order valence-electron chi connectivity index (χ0n) is 15.3. The van der Waals surface area contributed by atoms with Crippen LogP contribution in [0.5, 0.6) is 5.75 Å². The van der Waals surface area contributed by atoms with E-state index in [0.717, 1.165) is 5.56 Å². The Labute approximate surface area is 162 Å². The number of halogens is 1. The second-order valence-electron chi connectivity index (χ2n) is 6.42. The van der Waals surface area contributed by atoms with E-state index in [1.54, 1.807) is 31.2 Å². The molecule has 1 N–H and O–H groups in total. The van der Waals surface area contributed by atoms with Gasteiger partial charge in [0.2, 0.25) is 5.82 Å². The van der Waals surface area contributed by atoms with Gasteiger partial charge in [0.05, 0.1) is 5.02 Å². The summed E-state index contributed by atoms with van der Waals surface area (Å²) >= 11 is 6.06. The first-order chi connectivity index (χ1) is 13.0. The van der Waals surface area contributed by atoms with Gasteiger partial charge in [-0.15, -0.1) is 0 Å². The molecule has 1 unspecified atom stereocenters. The van der Waals surface area contributed by atoms with Gasteiger partial charge < -0.3 is 10.1 Å². The van der Waals surface area contributed by atoms with Crippen LogP contribution in [0.1, 0.15) is 32.3 Å². The van der Waals surface area contributed by atoms with E-state index in [4.69, 9.17) is 21.0 Å². The normalized spacial score (nSPS) is 12.0. The number of carbonyl (C=O) groups is 1. The molecule has 6 nitrogen and oxygen atoms in total. The van der Waals surface area contributed by atoms with Crippen molar-refractivity contribution >= 4 is 23.3 Å². The molecule has 0 saturated heterocycles. The van der Waals surface area contributed by atoms with Crippen LogP contribution in [0.3, 0.4) is 0 Å². The number of rotatable bonds is 6. The van der Waals surface area contributed by atoms with E-state index in [2.05, 4.69) is 29.5 Å². The molecule has 0 aliphatic rings.